The van der Waals surface area contributed by atoms with Gasteiger partial charge in [0.1, 0.15) is 5.39 Å². The van der Waals surface area contributed by atoms with Gasteiger partial charge in [0, 0.05) is 11.8 Å². The van der Waals surface area contributed by atoms with Crippen LogP contribution in [0.3, 0.4) is 0 Å². The molecule has 0 atom stereocenters. The summed E-state index contributed by atoms with van der Waals surface area (Å²) in [5.74, 6) is 1.44. The largest absolute Gasteiger partial charge is 0.493 e. The van der Waals surface area contributed by atoms with Gasteiger partial charge in [-0.3, -0.25) is 0 Å². The average Bonchev–Trinajstić information content (AvgIpc) is 2.60. The van der Waals surface area contributed by atoms with E-state index in [4.69, 9.17) is 18.6 Å². The van der Waals surface area contributed by atoms with Gasteiger partial charge in [0.2, 0.25) is 11.6 Å². The van der Waals surface area contributed by atoms with E-state index < -0.39 is 5.63 Å². The lowest BCUT2D eigenvalue weighted by Crippen LogP contribution is -2.04. The minimum absolute atomic E-state index is 0.125. The number of aromatic nitrogens is 2. The molecule has 118 valence electrons. The Kier molecular flexibility index (Phi) is 3.84. The van der Waals surface area contributed by atoms with Gasteiger partial charge in [0.25, 0.3) is 0 Å². The second-order valence-electron chi connectivity index (χ2n) is 4.60. The Balaban J connectivity index is 2.24. The Morgan fingerprint density at radius 2 is 1.74 bits per heavy atom. The molecule has 0 saturated heterocycles. The number of pyridine rings is 1. The molecule has 3 rings (SSSR count). The minimum atomic E-state index is -0.508. The van der Waals surface area contributed by atoms with Gasteiger partial charge < -0.3 is 18.6 Å². The molecule has 23 heavy (non-hydrogen) atoms. The van der Waals surface area contributed by atoms with Gasteiger partial charge in [-0.2, -0.15) is 4.98 Å². The van der Waals surface area contributed by atoms with Crippen molar-refractivity contribution in [2.75, 3.05) is 21.3 Å². The molecule has 7 nitrogen and oxygen atoms in total. The van der Waals surface area contributed by atoms with E-state index in [1.165, 1.54) is 21.3 Å². The Bertz CT molecular complexity index is 895. The van der Waals surface area contributed by atoms with Crippen molar-refractivity contribution in [3.8, 4) is 28.7 Å². The monoisotopic (exact) mass is 314 g/mol. The van der Waals surface area contributed by atoms with Crippen LogP contribution in [0.4, 0.5) is 0 Å². The SMILES string of the molecule is COc1cc(-c2nc3ncccc3c(=O)o2)cc(OC)c1OC. The van der Waals surface area contributed by atoms with Crippen LogP contribution in [0, 0.1) is 0 Å². The summed E-state index contributed by atoms with van der Waals surface area (Å²) in [6, 6.07) is 6.57. The number of fused-ring (bicyclic) bond motifs is 1. The van der Waals surface area contributed by atoms with Gasteiger partial charge >= 0.3 is 5.63 Å². The van der Waals surface area contributed by atoms with E-state index in [2.05, 4.69) is 9.97 Å². The van der Waals surface area contributed by atoms with Crippen LogP contribution in [0.5, 0.6) is 17.2 Å². The van der Waals surface area contributed by atoms with Crippen molar-refractivity contribution in [2.24, 2.45) is 0 Å². The number of ether oxygens (including phenoxy) is 3. The topological polar surface area (TPSA) is 83.7 Å². The van der Waals surface area contributed by atoms with E-state index in [-0.39, 0.29) is 5.89 Å². The van der Waals surface area contributed by atoms with Crippen LogP contribution in [-0.4, -0.2) is 31.3 Å². The molecule has 0 aliphatic rings. The number of hydrogen-bond acceptors (Lipinski definition) is 7. The second kappa shape index (κ2) is 5.96. The van der Waals surface area contributed by atoms with E-state index in [1.807, 2.05) is 0 Å². The van der Waals surface area contributed by atoms with E-state index in [9.17, 15) is 4.79 Å². The molecule has 0 aliphatic carbocycles. The van der Waals surface area contributed by atoms with Crippen molar-refractivity contribution in [3.05, 3.63) is 40.9 Å². The van der Waals surface area contributed by atoms with Gasteiger partial charge in [-0.1, -0.05) is 0 Å². The number of methoxy groups -OCH3 is 3. The molecule has 2 heterocycles. The summed E-state index contributed by atoms with van der Waals surface area (Å²) in [6.45, 7) is 0. The summed E-state index contributed by atoms with van der Waals surface area (Å²) < 4.78 is 21.1. The normalized spacial score (nSPS) is 10.6. The van der Waals surface area contributed by atoms with Crippen molar-refractivity contribution in [1.82, 2.24) is 9.97 Å². The summed E-state index contributed by atoms with van der Waals surface area (Å²) in [6.07, 6.45) is 1.56. The van der Waals surface area contributed by atoms with Gasteiger partial charge in [-0.15, -0.1) is 0 Å². The first-order chi connectivity index (χ1) is 11.2. The van der Waals surface area contributed by atoms with E-state index in [0.717, 1.165) is 0 Å². The highest BCUT2D eigenvalue weighted by atomic mass is 16.5. The Morgan fingerprint density at radius 3 is 2.35 bits per heavy atom. The molecule has 2 aromatic heterocycles. The molecule has 0 amide bonds. The Labute approximate surface area is 131 Å². The molecule has 7 heteroatoms. The van der Waals surface area contributed by atoms with Crippen LogP contribution in [0.15, 0.2) is 39.7 Å². The third kappa shape index (κ3) is 2.57. The van der Waals surface area contributed by atoms with Gasteiger partial charge in [0.15, 0.2) is 17.1 Å². The molecular weight excluding hydrogens is 300 g/mol. The standard InChI is InChI=1S/C16H14N2O5/c1-20-11-7-9(8-12(21-2)13(11)22-3)15-18-14-10(16(19)23-15)5-4-6-17-14/h4-8H,1-3H3. The summed E-state index contributed by atoms with van der Waals surface area (Å²) in [7, 11) is 4.53. The maximum atomic E-state index is 12.1. The van der Waals surface area contributed by atoms with Crippen molar-refractivity contribution >= 4 is 11.0 Å². The quantitative estimate of drug-likeness (QED) is 0.730. The molecule has 0 bridgehead atoms. The van der Waals surface area contributed by atoms with Gasteiger partial charge in [0.05, 0.1) is 21.3 Å². The van der Waals surface area contributed by atoms with Crippen molar-refractivity contribution < 1.29 is 18.6 Å². The smallest absolute Gasteiger partial charge is 0.348 e. The van der Waals surface area contributed by atoms with Crippen LogP contribution in [0.1, 0.15) is 0 Å². The predicted octanol–water partition coefficient (Wildman–Crippen LogP) is 2.28. The maximum absolute atomic E-state index is 12.1. The number of benzene rings is 1. The van der Waals surface area contributed by atoms with Gasteiger partial charge in [-0.05, 0) is 24.3 Å². The molecule has 0 aliphatic heterocycles. The summed E-state index contributed by atoms with van der Waals surface area (Å²) in [5, 5.41) is 0.323. The molecule has 0 saturated carbocycles. The van der Waals surface area contributed by atoms with Crippen LogP contribution in [0.2, 0.25) is 0 Å². The summed E-state index contributed by atoms with van der Waals surface area (Å²) in [4.78, 5) is 20.4. The lowest BCUT2D eigenvalue weighted by atomic mass is 10.1. The van der Waals surface area contributed by atoms with Crippen LogP contribution < -0.4 is 19.8 Å². The third-order valence-electron chi connectivity index (χ3n) is 3.32. The van der Waals surface area contributed by atoms with Gasteiger partial charge in [-0.25, -0.2) is 9.78 Å². The summed E-state index contributed by atoms with van der Waals surface area (Å²) >= 11 is 0. The lowest BCUT2D eigenvalue weighted by molar-refractivity contribution is 0.324. The second-order valence-corrected chi connectivity index (χ2v) is 4.60. The number of hydrogen-bond donors (Lipinski definition) is 0. The predicted molar refractivity (Wildman–Crippen MR) is 83.2 cm³/mol. The fourth-order valence-electron chi connectivity index (χ4n) is 2.24. The average molecular weight is 314 g/mol. The molecule has 0 fully saturated rings. The fourth-order valence-corrected chi connectivity index (χ4v) is 2.24. The van der Waals surface area contributed by atoms with E-state index >= 15 is 0 Å². The molecule has 0 spiro atoms. The zero-order chi connectivity index (χ0) is 16.4. The van der Waals surface area contributed by atoms with Crippen LogP contribution in [0.25, 0.3) is 22.5 Å². The molecule has 1 aromatic carbocycles. The zero-order valence-corrected chi connectivity index (χ0v) is 12.8. The third-order valence-corrected chi connectivity index (χ3v) is 3.32. The molecule has 0 unspecified atom stereocenters. The summed E-state index contributed by atoms with van der Waals surface area (Å²) in [5.41, 5.74) is 0.323. The van der Waals surface area contributed by atoms with Crippen molar-refractivity contribution in [1.29, 1.82) is 0 Å². The first kappa shape index (κ1) is 14.8. The van der Waals surface area contributed by atoms with E-state index in [0.29, 0.717) is 33.8 Å². The Hall–Kier alpha value is -3.09. The van der Waals surface area contributed by atoms with Crippen molar-refractivity contribution in [2.45, 2.75) is 0 Å². The van der Waals surface area contributed by atoms with Crippen molar-refractivity contribution in [3.63, 3.8) is 0 Å². The molecular formula is C16H14N2O5. The molecule has 0 radical (unpaired) electrons. The Morgan fingerprint density at radius 1 is 1.04 bits per heavy atom. The first-order valence-corrected chi connectivity index (χ1v) is 6.74. The fraction of sp³-hybridized carbons (Fsp3) is 0.188. The molecule has 3 aromatic rings. The highest BCUT2D eigenvalue weighted by Crippen LogP contribution is 2.40. The lowest BCUT2D eigenvalue weighted by Gasteiger charge is -2.13. The highest BCUT2D eigenvalue weighted by molar-refractivity contribution is 5.75. The zero-order valence-electron chi connectivity index (χ0n) is 12.8. The first-order valence-electron chi connectivity index (χ1n) is 6.74. The van der Waals surface area contributed by atoms with Crippen LogP contribution >= 0.6 is 0 Å². The van der Waals surface area contributed by atoms with E-state index in [1.54, 1.807) is 30.5 Å². The van der Waals surface area contributed by atoms with Crippen LogP contribution in [-0.2, 0) is 0 Å². The highest BCUT2D eigenvalue weighted by Gasteiger charge is 2.17. The molecule has 0 N–H and O–H groups in total. The number of nitrogens with zero attached hydrogens (tertiary/aromatic N) is 2. The number of rotatable bonds is 4. The minimum Gasteiger partial charge on any atom is -0.493 e. The maximum Gasteiger partial charge on any atom is 0.348 e.